The summed E-state index contributed by atoms with van der Waals surface area (Å²) in [6, 6.07) is 10.0. The van der Waals surface area contributed by atoms with Gasteiger partial charge in [0.2, 0.25) is 0 Å². The van der Waals surface area contributed by atoms with Gasteiger partial charge in [-0.2, -0.15) is 0 Å². The second-order valence-electron chi connectivity index (χ2n) is 9.80. The number of nitrogens with one attached hydrogen (secondary N) is 1. The monoisotopic (exact) mass is 466 g/mol. The molecule has 0 atom stereocenters. The molecule has 1 aromatic carbocycles. The number of amides is 1. The van der Waals surface area contributed by atoms with Gasteiger partial charge in [0.15, 0.2) is 0 Å². The van der Waals surface area contributed by atoms with Crippen LogP contribution in [0.5, 0.6) is 0 Å². The van der Waals surface area contributed by atoms with Gasteiger partial charge in [0.25, 0.3) is 5.91 Å². The van der Waals surface area contributed by atoms with Crippen LogP contribution in [0.1, 0.15) is 66.2 Å². The third kappa shape index (κ3) is 3.77. The first kappa shape index (κ1) is 20.4. The summed E-state index contributed by atoms with van der Waals surface area (Å²) in [4.78, 5) is 24.5. The molecule has 1 saturated heterocycles. The number of benzene rings is 1. The molecule has 3 heterocycles. The molecular weight excluding hydrogens is 440 g/mol. The second-order valence-corrected chi connectivity index (χ2v) is 11.3. The minimum Gasteiger partial charge on any atom is -0.357 e. The standard InChI is InChI=1S/C25H27ClN4OS/c26-18-4-5-21-20(11-18)29-24(32-21)17-12-25(13-17)14-19(15-25)28-23(31)16-6-7-27-22(10-16)30-8-2-1-3-9-30/h4-7,10-11,17,19H,1-3,8-9,12-15H2,(H,28,31). The van der Waals surface area contributed by atoms with Crippen molar-refractivity contribution in [1.29, 1.82) is 0 Å². The highest BCUT2D eigenvalue weighted by atomic mass is 35.5. The molecule has 1 N–H and O–H groups in total. The highest BCUT2D eigenvalue weighted by Gasteiger charge is 2.54. The first-order valence-electron chi connectivity index (χ1n) is 11.6. The molecule has 7 heteroatoms. The number of carbonyl (C=O) groups is 1. The first-order valence-corrected chi connectivity index (χ1v) is 12.8. The van der Waals surface area contributed by atoms with Crippen LogP contribution in [0, 0.1) is 5.41 Å². The fraction of sp³-hybridized carbons (Fsp3) is 0.480. The van der Waals surface area contributed by atoms with E-state index >= 15 is 0 Å². The molecule has 2 aliphatic carbocycles. The minimum atomic E-state index is 0.0319. The van der Waals surface area contributed by atoms with Crippen molar-refractivity contribution in [1.82, 2.24) is 15.3 Å². The Morgan fingerprint density at radius 3 is 2.72 bits per heavy atom. The number of anilines is 1. The zero-order chi connectivity index (χ0) is 21.7. The molecule has 0 radical (unpaired) electrons. The molecule has 32 heavy (non-hydrogen) atoms. The summed E-state index contributed by atoms with van der Waals surface area (Å²) in [5, 5.41) is 5.24. The van der Waals surface area contributed by atoms with E-state index in [9.17, 15) is 4.79 Å². The van der Waals surface area contributed by atoms with E-state index in [0.717, 1.165) is 47.9 Å². The summed E-state index contributed by atoms with van der Waals surface area (Å²) in [6.45, 7) is 2.07. The third-order valence-electron chi connectivity index (χ3n) is 7.46. The van der Waals surface area contributed by atoms with E-state index in [1.54, 1.807) is 17.5 Å². The lowest BCUT2D eigenvalue weighted by Gasteiger charge is -2.57. The summed E-state index contributed by atoms with van der Waals surface area (Å²) in [6.07, 6.45) is 9.98. The van der Waals surface area contributed by atoms with Gasteiger partial charge < -0.3 is 10.2 Å². The van der Waals surface area contributed by atoms with E-state index in [2.05, 4.69) is 21.3 Å². The van der Waals surface area contributed by atoms with Crippen molar-refractivity contribution >= 4 is 44.9 Å². The van der Waals surface area contributed by atoms with Crippen LogP contribution >= 0.6 is 22.9 Å². The van der Waals surface area contributed by atoms with Gasteiger partial charge in [-0.1, -0.05) is 11.6 Å². The van der Waals surface area contributed by atoms with Crippen LogP contribution in [0.15, 0.2) is 36.5 Å². The second kappa shape index (κ2) is 7.99. The molecule has 3 fully saturated rings. The quantitative estimate of drug-likeness (QED) is 0.528. The number of rotatable bonds is 4. The average Bonchev–Trinajstić information content (AvgIpc) is 3.17. The Morgan fingerprint density at radius 1 is 1.09 bits per heavy atom. The molecule has 166 valence electrons. The number of carbonyl (C=O) groups excluding carboxylic acids is 1. The molecule has 3 aliphatic rings. The van der Waals surface area contributed by atoms with Crippen LogP contribution in [0.2, 0.25) is 5.02 Å². The molecular formula is C25H27ClN4OS. The van der Waals surface area contributed by atoms with E-state index in [0.29, 0.717) is 11.3 Å². The molecule has 0 bridgehead atoms. The lowest BCUT2D eigenvalue weighted by Crippen LogP contribution is -2.55. The van der Waals surface area contributed by atoms with Gasteiger partial charge in [-0.05, 0) is 80.7 Å². The van der Waals surface area contributed by atoms with Crippen molar-refractivity contribution in [3.05, 3.63) is 52.1 Å². The lowest BCUT2D eigenvalue weighted by atomic mass is 9.50. The van der Waals surface area contributed by atoms with E-state index < -0.39 is 0 Å². The normalized spacial score (nSPS) is 27.2. The smallest absolute Gasteiger partial charge is 0.251 e. The number of aromatic nitrogens is 2. The highest BCUT2D eigenvalue weighted by Crippen LogP contribution is 2.62. The molecule has 6 rings (SSSR count). The van der Waals surface area contributed by atoms with Crippen molar-refractivity contribution in [3.8, 4) is 0 Å². The number of hydrogen-bond donors (Lipinski definition) is 1. The fourth-order valence-electron chi connectivity index (χ4n) is 5.80. The van der Waals surface area contributed by atoms with Crippen LogP contribution in [-0.4, -0.2) is 35.0 Å². The topological polar surface area (TPSA) is 58.1 Å². The molecule has 1 amide bonds. The Morgan fingerprint density at radius 2 is 1.91 bits per heavy atom. The zero-order valence-corrected chi connectivity index (χ0v) is 19.6. The predicted octanol–water partition coefficient (Wildman–Crippen LogP) is 5.79. The Hall–Kier alpha value is -2.18. The Kier molecular flexibility index (Phi) is 5.10. The van der Waals surface area contributed by atoms with Crippen molar-refractivity contribution in [2.75, 3.05) is 18.0 Å². The van der Waals surface area contributed by atoms with Gasteiger partial charge in [0.1, 0.15) is 5.82 Å². The number of piperidine rings is 1. The van der Waals surface area contributed by atoms with Crippen molar-refractivity contribution in [2.24, 2.45) is 5.41 Å². The SMILES string of the molecule is O=C(NC1CC2(C1)CC(c1nc3cc(Cl)ccc3s1)C2)c1ccnc(N2CCCCC2)c1. The largest absolute Gasteiger partial charge is 0.357 e. The van der Waals surface area contributed by atoms with E-state index in [1.807, 2.05) is 24.3 Å². The van der Waals surface area contributed by atoms with E-state index in [1.165, 1.54) is 41.8 Å². The summed E-state index contributed by atoms with van der Waals surface area (Å²) in [7, 11) is 0. The molecule has 0 unspecified atom stereocenters. The van der Waals surface area contributed by atoms with E-state index in [-0.39, 0.29) is 11.9 Å². The van der Waals surface area contributed by atoms with Gasteiger partial charge in [-0.3, -0.25) is 4.79 Å². The van der Waals surface area contributed by atoms with Crippen LogP contribution in [0.3, 0.4) is 0 Å². The number of hydrogen-bond acceptors (Lipinski definition) is 5. The molecule has 2 saturated carbocycles. The van der Waals surface area contributed by atoms with Gasteiger partial charge in [0, 0.05) is 41.8 Å². The van der Waals surface area contributed by atoms with Crippen molar-refractivity contribution < 1.29 is 4.79 Å². The van der Waals surface area contributed by atoms with Crippen LogP contribution in [-0.2, 0) is 0 Å². The fourth-order valence-corrected chi connectivity index (χ4v) is 7.01. The maximum atomic E-state index is 12.8. The van der Waals surface area contributed by atoms with Gasteiger partial charge in [0.05, 0.1) is 15.2 Å². The summed E-state index contributed by atoms with van der Waals surface area (Å²) < 4.78 is 1.21. The Balaban J connectivity index is 1.03. The van der Waals surface area contributed by atoms with Crippen molar-refractivity contribution in [2.45, 2.75) is 56.9 Å². The van der Waals surface area contributed by atoms with E-state index in [4.69, 9.17) is 16.6 Å². The average molecular weight is 467 g/mol. The van der Waals surface area contributed by atoms with Gasteiger partial charge in [-0.25, -0.2) is 9.97 Å². The third-order valence-corrected chi connectivity index (χ3v) is 8.89. The number of fused-ring (bicyclic) bond motifs is 1. The Labute approximate surface area is 197 Å². The number of thiazole rings is 1. The summed E-state index contributed by atoms with van der Waals surface area (Å²) >= 11 is 7.90. The van der Waals surface area contributed by atoms with Gasteiger partial charge in [-0.15, -0.1) is 11.3 Å². The van der Waals surface area contributed by atoms with Gasteiger partial charge >= 0.3 is 0 Å². The zero-order valence-electron chi connectivity index (χ0n) is 18.0. The maximum Gasteiger partial charge on any atom is 0.251 e. The highest BCUT2D eigenvalue weighted by molar-refractivity contribution is 7.18. The molecule has 5 nitrogen and oxygen atoms in total. The van der Waals surface area contributed by atoms with Crippen LogP contribution < -0.4 is 10.2 Å². The number of halogens is 1. The molecule has 1 aliphatic heterocycles. The van der Waals surface area contributed by atoms with Crippen LogP contribution in [0.4, 0.5) is 5.82 Å². The molecule has 1 spiro atoms. The lowest BCUT2D eigenvalue weighted by molar-refractivity contribution is -0.0187. The van der Waals surface area contributed by atoms with Crippen molar-refractivity contribution in [3.63, 3.8) is 0 Å². The molecule has 3 aromatic rings. The summed E-state index contributed by atoms with van der Waals surface area (Å²) in [5.74, 6) is 1.51. The predicted molar refractivity (Wildman–Crippen MR) is 130 cm³/mol. The van der Waals surface area contributed by atoms with Crippen LogP contribution in [0.25, 0.3) is 10.2 Å². The maximum absolute atomic E-state index is 12.8. The summed E-state index contributed by atoms with van der Waals surface area (Å²) in [5.41, 5.74) is 2.13. The Bertz CT molecular complexity index is 1160. The minimum absolute atomic E-state index is 0.0319. The number of pyridine rings is 1. The first-order chi connectivity index (χ1) is 15.6. The number of nitrogens with zero attached hydrogens (tertiary/aromatic N) is 3. The molecule has 2 aromatic heterocycles.